The van der Waals surface area contributed by atoms with Crippen LogP contribution in [0.3, 0.4) is 0 Å². The molecule has 0 fully saturated rings. The summed E-state index contributed by atoms with van der Waals surface area (Å²) in [6.45, 7) is 2.72. The van der Waals surface area contributed by atoms with Crippen LogP contribution in [-0.2, 0) is 0 Å². The maximum Gasteiger partial charge on any atom is 0.254 e. The Balaban J connectivity index is 1.99. The maximum atomic E-state index is 12.2. The molecular weight excluding hydrogens is 268 g/mol. The molecule has 2 rings (SSSR count). The molecule has 0 aliphatic carbocycles. The standard InChI is InChI=1S/C16H18N2OS/c1-12(13-7-4-3-5-8-13)11-18-15(19)14-9-6-10-17-16(14)20-2/h3-10,12H,11H2,1-2H3,(H,18,19). The predicted octanol–water partition coefficient (Wildman–Crippen LogP) is 3.34. The highest BCUT2D eigenvalue weighted by atomic mass is 32.2. The van der Waals surface area contributed by atoms with Crippen LogP contribution in [0, 0.1) is 0 Å². The number of rotatable bonds is 5. The Bertz CT molecular complexity index is 572. The summed E-state index contributed by atoms with van der Waals surface area (Å²) in [7, 11) is 0. The van der Waals surface area contributed by atoms with Gasteiger partial charge in [0.25, 0.3) is 5.91 Å². The normalized spacial score (nSPS) is 11.9. The van der Waals surface area contributed by atoms with Gasteiger partial charge in [-0.1, -0.05) is 37.3 Å². The Kier molecular flexibility index (Phi) is 5.18. The van der Waals surface area contributed by atoms with E-state index in [2.05, 4.69) is 29.4 Å². The van der Waals surface area contributed by atoms with E-state index in [1.807, 2.05) is 24.5 Å². The highest BCUT2D eigenvalue weighted by Gasteiger charge is 2.13. The number of nitrogens with one attached hydrogen (secondary N) is 1. The molecule has 2 aromatic rings. The zero-order valence-corrected chi connectivity index (χ0v) is 12.5. The molecule has 4 heteroatoms. The van der Waals surface area contributed by atoms with E-state index in [0.29, 0.717) is 12.1 Å². The Hall–Kier alpha value is -1.81. The lowest BCUT2D eigenvalue weighted by Gasteiger charge is -2.13. The minimum atomic E-state index is -0.0646. The van der Waals surface area contributed by atoms with E-state index < -0.39 is 0 Å². The molecule has 0 saturated carbocycles. The second-order valence-electron chi connectivity index (χ2n) is 4.58. The molecule has 1 N–H and O–H groups in total. The molecule has 0 spiro atoms. The maximum absolute atomic E-state index is 12.2. The molecule has 0 bridgehead atoms. The van der Waals surface area contributed by atoms with Gasteiger partial charge in [0.1, 0.15) is 5.03 Å². The van der Waals surface area contributed by atoms with Gasteiger partial charge in [-0.25, -0.2) is 4.98 Å². The smallest absolute Gasteiger partial charge is 0.254 e. The highest BCUT2D eigenvalue weighted by Crippen LogP contribution is 2.17. The van der Waals surface area contributed by atoms with Gasteiger partial charge in [-0.15, -0.1) is 11.8 Å². The van der Waals surface area contributed by atoms with E-state index in [1.54, 1.807) is 18.3 Å². The van der Waals surface area contributed by atoms with E-state index >= 15 is 0 Å². The first-order chi connectivity index (χ1) is 9.72. The Morgan fingerprint density at radius 1 is 1.25 bits per heavy atom. The summed E-state index contributed by atoms with van der Waals surface area (Å²) in [6.07, 6.45) is 3.63. The fraction of sp³-hybridized carbons (Fsp3) is 0.250. The van der Waals surface area contributed by atoms with Crippen molar-refractivity contribution in [3.05, 3.63) is 59.8 Å². The van der Waals surface area contributed by atoms with Crippen LogP contribution in [0.1, 0.15) is 28.8 Å². The number of carbonyl (C=O) groups is 1. The number of amides is 1. The summed E-state index contributed by atoms with van der Waals surface area (Å²) in [5.74, 6) is 0.222. The molecule has 0 radical (unpaired) electrons. The molecule has 1 heterocycles. The molecule has 1 atom stereocenters. The molecule has 0 aliphatic rings. The number of hydrogen-bond acceptors (Lipinski definition) is 3. The van der Waals surface area contributed by atoms with E-state index in [-0.39, 0.29) is 11.8 Å². The molecule has 1 unspecified atom stereocenters. The van der Waals surface area contributed by atoms with E-state index in [4.69, 9.17) is 0 Å². The summed E-state index contributed by atoms with van der Waals surface area (Å²) >= 11 is 1.48. The van der Waals surface area contributed by atoms with E-state index in [9.17, 15) is 4.79 Å². The molecule has 0 aliphatic heterocycles. The van der Waals surface area contributed by atoms with E-state index in [0.717, 1.165) is 5.03 Å². The monoisotopic (exact) mass is 286 g/mol. The third-order valence-electron chi connectivity index (χ3n) is 3.15. The van der Waals surface area contributed by atoms with Gasteiger partial charge >= 0.3 is 0 Å². The number of benzene rings is 1. The molecule has 1 aromatic carbocycles. The van der Waals surface area contributed by atoms with Crippen molar-refractivity contribution in [3.8, 4) is 0 Å². The zero-order valence-electron chi connectivity index (χ0n) is 11.7. The Labute approximate surface area is 123 Å². The average Bonchev–Trinajstić information content (AvgIpc) is 2.53. The number of aromatic nitrogens is 1. The van der Waals surface area contributed by atoms with Crippen LogP contribution in [0.15, 0.2) is 53.7 Å². The average molecular weight is 286 g/mol. The second-order valence-corrected chi connectivity index (χ2v) is 5.38. The van der Waals surface area contributed by atoms with Gasteiger partial charge in [0.2, 0.25) is 0 Å². The molecule has 1 aromatic heterocycles. The summed E-state index contributed by atoms with van der Waals surface area (Å²) in [6, 6.07) is 13.8. The minimum absolute atomic E-state index is 0.0646. The molecule has 3 nitrogen and oxygen atoms in total. The number of carbonyl (C=O) groups excluding carboxylic acids is 1. The fourth-order valence-electron chi connectivity index (χ4n) is 1.97. The van der Waals surface area contributed by atoms with Gasteiger partial charge in [0, 0.05) is 12.7 Å². The Morgan fingerprint density at radius 3 is 2.70 bits per heavy atom. The zero-order chi connectivity index (χ0) is 14.4. The van der Waals surface area contributed by atoms with Gasteiger partial charge in [0.15, 0.2) is 0 Å². The van der Waals surface area contributed by atoms with Crippen molar-refractivity contribution in [3.63, 3.8) is 0 Å². The van der Waals surface area contributed by atoms with Crippen LogP contribution in [0.5, 0.6) is 0 Å². The second kappa shape index (κ2) is 7.10. The first-order valence-electron chi connectivity index (χ1n) is 6.54. The van der Waals surface area contributed by atoms with Gasteiger partial charge in [-0.2, -0.15) is 0 Å². The van der Waals surface area contributed by atoms with Crippen molar-refractivity contribution in [2.45, 2.75) is 17.9 Å². The van der Waals surface area contributed by atoms with Gasteiger partial charge in [0.05, 0.1) is 5.56 Å². The first kappa shape index (κ1) is 14.6. The van der Waals surface area contributed by atoms with Crippen molar-refractivity contribution in [2.75, 3.05) is 12.8 Å². The van der Waals surface area contributed by atoms with Crippen molar-refractivity contribution in [1.29, 1.82) is 0 Å². The SMILES string of the molecule is CSc1ncccc1C(=O)NCC(C)c1ccccc1. The molecule has 20 heavy (non-hydrogen) atoms. The van der Waals surface area contributed by atoms with E-state index in [1.165, 1.54) is 17.3 Å². The minimum Gasteiger partial charge on any atom is -0.351 e. The Morgan fingerprint density at radius 2 is 2.00 bits per heavy atom. The van der Waals surface area contributed by atoms with Crippen molar-refractivity contribution in [2.24, 2.45) is 0 Å². The van der Waals surface area contributed by atoms with Crippen molar-refractivity contribution in [1.82, 2.24) is 10.3 Å². The first-order valence-corrected chi connectivity index (χ1v) is 7.77. The summed E-state index contributed by atoms with van der Waals surface area (Å²) < 4.78 is 0. The van der Waals surface area contributed by atoms with Gasteiger partial charge in [-0.3, -0.25) is 4.79 Å². The number of nitrogens with zero attached hydrogens (tertiary/aromatic N) is 1. The van der Waals surface area contributed by atoms with Crippen LogP contribution in [0.4, 0.5) is 0 Å². The predicted molar refractivity (Wildman–Crippen MR) is 83.2 cm³/mol. The third-order valence-corrected chi connectivity index (χ3v) is 3.86. The summed E-state index contributed by atoms with van der Waals surface area (Å²) in [5, 5.41) is 3.74. The summed E-state index contributed by atoms with van der Waals surface area (Å²) in [5.41, 5.74) is 1.87. The fourth-order valence-corrected chi connectivity index (χ4v) is 2.51. The molecule has 104 valence electrons. The lowest BCUT2D eigenvalue weighted by Crippen LogP contribution is -2.28. The van der Waals surface area contributed by atoms with Crippen molar-refractivity contribution < 1.29 is 4.79 Å². The topological polar surface area (TPSA) is 42.0 Å². The summed E-state index contributed by atoms with van der Waals surface area (Å²) in [4.78, 5) is 16.4. The van der Waals surface area contributed by atoms with Crippen LogP contribution >= 0.6 is 11.8 Å². The van der Waals surface area contributed by atoms with Crippen molar-refractivity contribution >= 4 is 17.7 Å². The van der Waals surface area contributed by atoms with Gasteiger partial charge < -0.3 is 5.32 Å². The lowest BCUT2D eigenvalue weighted by atomic mass is 10.0. The van der Waals surface area contributed by atoms with Crippen LogP contribution in [-0.4, -0.2) is 23.7 Å². The lowest BCUT2D eigenvalue weighted by molar-refractivity contribution is 0.0948. The largest absolute Gasteiger partial charge is 0.351 e. The molecule has 1 amide bonds. The van der Waals surface area contributed by atoms with Gasteiger partial charge in [-0.05, 0) is 29.9 Å². The van der Waals surface area contributed by atoms with Crippen LogP contribution in [0.2, 0.25) is 0 Å². The quantitative estimate of drug-likeness (QED) is 0.857. The number of pyridine rings is 1. The molecular formula is C16H18N2OS. The third kappa shape index (κ3) is 3.61. The van der Waals surface area contributed by atoms with Crippen LogP contribution < -0.4 is 5.32 Å². The highest BCUT2D eigenvalue weighted by molar-refractivity contribution is 7.98. The number of hydrogen-bond donors (Lipinski definition) is 1. The van der Waals surface area contributed by atoms with Crippen LogP contribution in [0.25, 0.3) is 0 Å². The molecule has 0 saturated heterocycles. The number of thioether (sulfide) groups is 1.